The summed E-state index contributed by atoms with van der Waals surface area (Å²) in [5.41, 5.74) is 3.53. The molecule has 0 spiro atoms. The summed E-state index contributed by atoms with van der Waals surface area (Å²) in [6, 6.07) is 16.8. The number of hydrogen-bond acceptors (Lipinski definition) is 5. The molecule has 1 N–H and O–H groups in total. The molecule has 1 aliphatic heterocycles. The fourth-order valence-electron chi connectivity index (χ4n) is 3.79. The zero-order chi connectivity index (χ0) is 21.8. The van der Waals surface area contributed by atoms with Crippen LogP contribution in [0.3, 0.4) is 0 Å². The van der Waals surface area contributed by atoms with Crippen LogP contribution < -0.4 is 10.1 Å². The first-order valence-electron chi connectivity index (χ1n) is 10.3. The number of aryl methyl sites for hydroxylation is 3. The predicted molar refractivity (Wildman–Crippen MR) is 115 cm³/mol. The number of rotatable bonds is 7. The van der Waals surface area contributed by atoms with E-state index in [1.54, 1.807) is 0 Å². The fourth-order valence-corrected chi connectivity index (χ4v) is 3.79. The Labute approximate surface area is 181 Å². The summed E-state index contributed by atoms with van der Waals surface area (Å²) in [6.07, 6.45) is 0.738. The number of aromatic nitrogens is 2. The van der Waals surface area contributed by atoms with E-state index in [1.807, 2.05) is 73.1 Å². The summed E-state index contributed by atoms with van der Waals surface area (Å²) < 4.78 is 13.2. The summed E-state index contributed by atoms with van der Waals surface area (Å²) in [5.74, 6) is -0.176. The van der Waals surface area contributed by atoms with Gasteiger partial charge in [0.25, 0.3) is 5.91 Å². The number of amides is 1. The minimum absolute atomic E-state index is 0.319. The van der Waals surface area contributed by atoms with E-state index in [0.717, 1.165) is 35.5 Å². The van der Waals surface area contributed by atoms with Gasteiger partial charge in [-0.25, -0.2) is 0 Å². The molecule has 7 heteroatoms. The highest BCUT2D eigenvalue weighted by atomic mass is 16.5. The second-order valence-corrected chi connectivity index (χ2v) is 7.57. The molecule has 31 heavy (non-hydrogen) atoms. The van der Waals surface area contributed by atoms with E-state index < -0.39 is 11.9 Å². The number of nitrogens with one attached hydrogen (secondary N) is 1. The van der Waals surface area contributed by atoms with Crippen LogP contribution >= 0.6 is 0 Å². The highest BCUT2D eigenvalue weighted by Crippen LogP contribution is 2.44. The average Bonchev–Trinajstić information content (AvgIpc) is 3.10. The third-order valence-corrected chi connectivity index (χ3v) is 5.23. The number of esters is 1. The topological polar surface area (TPSA) is 82.5 Å². The van der Waals surface area contributed by atoms with Crippen LogP contribution in [0.2, 0.25) is 0 Å². The molecular formula is C24H25N3O4. The van der Waals surface area contributed by atoms with Gasteiger partial charge in [0, 0.05) is 29.9 Å². The Hall–Kier alpha value is -3.61. The number of para-hydroxylation sites is 2. The van der Waals surface area contributed by atoms with Crippen LogP contribution in [0.1, 0.15) is 34.9 Å². The molecule has 2 aromatic carbocycles. The number of fused-ring (bicyclic) bond motifs is 2. The molecule has 0 saturated carbocycles. The molecule has 0 radical (unpaired) electrons. The zero-order valence-corrected chi connectivity index (χ0v) is 17.6. The van der Waals surface area contributed by atoms with E-state index in [9.17, 15) is 9.59 Å². The van der Waals surface area contributed by atoms with Gasteiger partial charge in [0.1, 0.15) is 17.4 Å². The van der Waals surface area contributed by atoms with Crippen molar-refractivity contribution in [2.24, 2.45) is 0 Å². The molecule has 0 bridgehead atoms. The predicted octanol–water partition coefficient (Wildman–Crippen LogP) is 3.49. The number of ether oxygens (including phenoxy) is 2. The van der Waals surface area contributed by atoms with Gasteiger partial charge in [-0.2, -0.15) is 5.10 Å². The third-order valence-electron chi connectivity index (χ3n) is 5.23. The highest BCUT2D eigenvalue weighted by molar-refractivity contribution is 5.87. The van der Waals surface area contributed by atoms with Crippen LogP contribution in [0.5, 0.6) is 11.5 Å². The van der Waals surface area contributed by atoms with Crippen molar-refractivity contribution in [3.05, 3.63) is 77.1 Å². The Morgan fingerprint density at radius 1 is 1.06 bits per heavy atom. The van der Waals surface area contributed by atoms with Crippen molar-refractivity contribution in [3.63, 3.8) is 0 Å². The smallest absolute Gasteiger partial charge is 0.318 e. The maximum absolute atomic E-state index is 12.9. The van der Waals surface area contributed by atoms with E-state index in [1.165, 1.54) is 0 Å². The fraction of sp³-hybridized carbons (Fsp3) is 0.292. The third kappa shape index (κ3) is 4.60. The van der Waals surface area contributed by atoms with E-state index in [-0.39, 0.29) is 12.5 Å². The lowest BCUT2D eigenvalue weighted by Crippen LogP contribution is -2.31. The van der Waals surface area contributed by atoms with Crippen molar-refractivity contribution in [2.75, 3.05) is 13.2 Å². The normalized spacial score (nSPS) is 12.5. The van der Waals surface area contributed by atoms with Crippen LogP contribution in [-0.2, 0) is 20.9 Å². The Kier molecular flexibility index (Phi) is 6.02. The van der Waals surface area contributed by atoms with Crippen molar-refractivity contribution in [1.29, 1.82) is 0 Å². The van der Waals surface area contributed by atoms with Crippen LogP contribution in [-0.4, -0.2) is 34.8 Å². The second kappa shape index (κ2) is 9.04. The quantitative estimate of drug-likeness (QED) is 0.468. The van der Waals surface area contributed by atoms with Gasteiger partial charge in [-0.05, 0) is 38.5 Å². The summed E-state index contributed by atoms with van der Waals surface area (Å²) in [6.45, 7) is 4.84. The molecule has 1 amide bonds. The van der Waals surface area contributed by atoms with Gasteiger partial charge in [0.2, 0.25) is 0 Å². The average molecular weight is 419 g/mol. The second-order valence-electron chi connectivity index (χ2n) is 7.57. The molecule has 1 aromatic heterocycles. The molecule has 0 saturated heterocycles. The molecule has 0 fully saturated rings. The minimum Gasteiger partial charge on any atom is -0.457 e. The first kappa shape index (κ1) is 20.7. The lowest BCUT2D eigenvalue weighted by molar-refractivity contribution is -0.149. The van der Waals surface area contributed by atoms with E-state index >= 15 is 0 Å². The summed E-state index contributed by atoms with van der Waals surface area (Å²) in [5, 5.41) is 7.19. The Morgan fingerprint density at radius 3 is 2.32 bits per heavy atom. The van der Waals surface area contributed by atoms with Crippen molar-refractivity contribution in [3.8, 4) is 11.5 Å². The SMILES string of the molecule is Cc1cc(C)n(CCCNC(=O)COC(=O)C2c3ccccc3Oc3ccccc32)n1. The summed E-state index contributed by atoms with van der Waals surface area (Å²) in [7, 11) is 0. The lowest BCUT2D eigenvalue weighted by Gasteiger charge is -2.26. The van der Waals surface area contributed by atoms with Gasteiger partial charge in [-0.15, -0.1) is 0 Å². The number of hydrogen-bond donors (Lipinski definition) is 1. The van der Waals surface area contributed by atoms with E-state index in [0.29, 0.717) is 18.0 Å². The van der Waals surface area contributed by atoms with Gasteiger partial charge >= 0.3 is 5.97 Å². The largest absolute Gasteiger partial charge is 0.457 e. The van der Waals surface area contributed by atoms with Crippen LogP contribution in [0, 0.1) is 13.8 Å². The molecule has 2 heterocycles. The Balaban J connectivity index is 1.32. The Bertz CT molecular complexity index is 1060. The number of carbonyl (C=O) groups excluding carboxylic acids is 2. The van der Waals surface area contributed by atoms with Crippen molar-refractivity contribution in [2.45, 2.75) is 32.7 Å². The van der Waals surface area contributed by atoms with Gasteiger partial charge < -0.3 is 14.8 Å². The first-order chi connectivity index (χ1) is 15.0. The number of nitrogens with zero attached hydrogens (tertiary/aromatic N) is 2. The number of benzene rings is 2. The number of carbonyl (C=O) groups is 2. The molecule has 7 nitrogen and oxygen atoms in total. The molecular weight excluding hydrogens is 394 g/mol. The Morgan fingerprint density at radius 2 is 1.71 bits per heavy atom. The minimum atomic E-state index is -0.625. The van der Waals surface area contributed by atoms with E-state index in [4.69, 9.17) is 9.47 Å². The molecule has 3 aromatic rings. The lowest BCUT2D eigenvalue weighted by atomic mass is 9.88. The van der Waals surface area contributed by atoms with Crippen molar-refractivity contribution in [1.82, 2.24) is 15.1 Å². The van der Waals surface area contributed by atoms with Crippen LogP contribution in [0.4, 0.5) is 0 Å². The zero-order valence-electron chi connectivity index (χ0n) is 17.6. The van der Waals surface area contributed by atoms with Gasteiger partial charge in [-0.3, -0.25) is 14.3 Å². The van der Waals surface area contributed by atoms with Gasteiger partial charge in [0.05, 0.1) is 5.69 Å². The standard InChI is InChI=1S/C24H25N3O4/c1-16-14-17(2)27(26-16)13-7-12-25-22(28)15-30-24(29)23-18-8-3-5-10-20(18)31-21-11-6-4-9-19(21)23/h3-6,8-11,14,23H,7,12-13,15H2,1-2H3,(H,25,28). The molecule has 1 aliphatic rings. The first-order valence-corrected chi connectivity index (χ1v) is 10.3. The summed E-state index contributed by atoms with van der Waals surface area (Å²) in [4.78, 5) is 25.1. The van der Waals surface area contributed by atoms with Gasteiger partial charge in [-0.1, -0.05) is 36.4 Å². The van der Waals surface area contributed by atoms with Crippen molar-refractivity contribution < 1.29 is 19.1 Å². The maximum atomic E-state index is 12.9. The molecule has 160 valence electrons. The van der Waals surface area contributed by atoms with Crippen LogP contribution in [0.25, 0.3) is 0 Å². The molecule has 0 aliphatic carbocycles. The van der Waals surface area contributed by atoms with Crippen LogP contribution in [0.15, 0.2) is 54.6 Å². The van der Waals surface area contributed by atoms with Crippen molar-refractivity contribution >= 4 is 11.9 Å². The molecule has 0 atom stereocenters. The van der Waals surface area contributed by atoms with E-state index in [2.05, 4.69) is 10.4 Å². The molecule has 0 unspecified atom stereocenters. The monoisotopic (exact) mass is 419 g/mol. The highest BCUT2D eigenvalue weighted by Gasteiger charge is 2.33. The summed E-state index contributed by atoms with van der Waals surface area (Å²) >= 11 is 0. The maximum Gasteiger partial charge on any atom is 0.318 e. The molecule has 4 rings (SSSR count). The van der Waals surface area contributed by atoms with Gasteiger partial charge in [0.15, 0.2) is 6.61 Å².